The first-order valence-electron chi connectivity index (χ1n) is 3.72. The Morgan fingerprint density at radius 3 is 2.18 bits per heavy atom. The average molecular weight is 168 g/mol. The van der Waals surface area contributed by atoms with Gasteiger partial charge in [-0.1, -0.05) is 23.8 Å². The molecule has 0 bridgehead atoms. The molecule has 0 fully saturated rings. The van der Waals surface area contributed by atoms with Gasteiger partial charge in [0, 0.05) is 4.91 Å². The van der Waals surface area contributed by atoms with Crippen molar-refractivity contribution in [1.82, 2.24) is 0 Å². The van der Waals surface area contributed by atoms with Gasteiger partial charge >= 0.3 is 0 Å². The number of allylic oxidation sites excluding steroid dienone is 5. The van der Waals surface area contributed by atoms with E-state index in [1.807, 2.05) is 6.92 Å². The molecule has 11 heavy (non-hydrogen) atoms. The van der Waals surface area contributed by atoms with Crippen LogP contribution in [0.2, 0.25) is 0 Å². The zero-order valence-electron chi connectivity index (χ0n) is 7.72. The molecule has 0 aliphatic rings. The van der Waals surface area contributed by atoms with Crippen molar-refractivity contribution in [3.8, 4) is 0 Å². The van der Waals surface area contributed by atoms with Crippen molar-refractivity contribution in [2.75, 3.05) is 6.26 Å². The van der Waals surface area contributed by atoms with Gasteiger partial charge in [0.1, 0.15) is 0 Å². The van der Waals surface area contributed by atoms with Crippen LogP contribution in [-0.2, 0) is 0 Å². The minimum absolute atomic E-state index is 1.30. The molecule has 0 N–H and O–H groups in total. The second-order valence-electron chi connectivity index (χ2n) is 2.52. The summed E-state index contributed by atoms with van der Waals surface area (Å²) in [6.07, 6.45) is 10.5. The molecule has 0 radical (unpaired) electrons. The highest BCUT2D eigenvalue weighted by atomic mass is 32.2. The zero-order valence-corrected chi connectivity index (χ0v) is 8.53. The van der Waals surface area contributed by atoms with Gasteiger partial charge in [-0.3, -0.25) is 0 Å². The van der Waals surface area contributed by atoms with E-state index < -0.39 is 0 Å². The van der Waals surface area contributed by atoms with E-state index in [2.05, 4.69) is 44.4 Å². The normalized spacial score (nSPS) is 12.2. The van der Waals surface area contributed by atoms with Crippen molar-refractivity contribution in [2.45, 2.75) is 20.8 Å². The van der Waals surface area contributed by atoms with Gasteiger partial charge in [0.2, 0.25) is 0 Å². The van der Waals surface area contributed by atoms with Crippen LogP contribution in [0.15, 0.2) is 34.8 Å². The first-order chi connectivity index (χ1) is 5.20. The van der Waals surface area contributed by atoms with Gasteiger partial charge in [-0.05, 0) is 33.1 Å². The van der Waals surface area contributed by atoms with Crippen LogP contribution in [0.3, 0.4) is 0 Å². The van der Waals surface area contributed by atoms with Crippen LogP contribution in [0, 0.1) is 0 Å². The van der Waals surface area contributed by atoms with Crippen LogP contribution in [0.25, 0.3) is 0 Å². The molecular weight excluding hydrogens is 152 g/mol. The van der Waals surface area contributed by atoms with Gasteiger partial charge < -0.3 is 0 Å². The lowest BCUT2D eigenvalue weighted by Gasteiger charge is -1.92. The van der Waals surface area contributed by atoms with Crippen molar-refractivity contribution >= 4 is 11.8 Å². The summed E-state index contributed by atoms with van der Waals surface area (Å²) in [7, 11) is 0. The van der Waals surface area contributed by atoms with Gasteiger partial charge in [0.15, 0.2) is 0 Å². The molecule has 0 aliphatic carbocycles. The van der Waals surface area contributed by atoms with Crippen LogP contribution < -0.4 is 0 Å². The van der Waals surface area contributed by atoms with E-state index in [4.69, 9.17) is 0 Å². The van der Waals surface area contributed by atoms with E-state index in [9.17, 15) is 0 Å². The fourth-order valence-corrected chi connectivity index (χ4v) is 1.08. The SMILES string of the molecule is C/C=C\C(=C/C=C(C)C)SC. The van der Waals surface area contributed by atoms with E-state index in [0.29, 0.717) is 0 Å². The monoisotopic (exact) mass is 168 g/mol. The lowest BCUT2D eigenvalue weighted by molar-refractivity contribution is 1.39. The molecule has 0 heterocycles. The molecule has 62 valence electrons. The van der Waals surface area contributed by atoms with Crippen LogP contribution in [0.5, 0.6) is 0 Å². The van der Waals surface area contributed by atoms with Gasteiger partial charge in [0.25, 0.3) is 0 Å². The van der Waals surface area contributed by atoms with E-state index >= 15 is 0 Å². The summed E-state index contributed by atoms with van der Waals surface area (Å²) in [5.74, 6) is 0. The highest BCUT2D eigenvalue weighted by Crippen LogP contribution is 2.13. The summed E-state index contributed by atoms with van der Waals surface area (Å²) < 4.78 is 0. The van der Waals surface area contributed by atoms with Crippen molar-refractivity contribution in [3.05, 3.63) is 34.8 Å². The minimum Gasteiger partial charge on any atom is -0.130 e. The number of hydrogen-bond acceptors (Lipinski definition) is 1. The predicted molar refractivity (Wildman–Crippen MR) is 55.8 cm³/mol. The maximum absolute atomic E-state index is 2.14. The summed E-state index contributed by atoms with van der Waals surface area (Å²) >= 11 is 1.77. The Balaban J connectivity index is 4.24. The van der Waals surface area contributed by atoms with Crippen LogP contribution >= 0.6 is 11.8 Å². The van der Waals surface area contributed by atoms with Gasteiger partial charge in [0.05, 0.1) is 0 Å². The number of hydrogen-bond donors (Lipinski definition) is 0. The predicted octanol–water partition coefficient (Wildman–Crippen LogP) is 3.78. The Morgan fingerprint density at radius 1 is 1.18 bits per heavy atom. The molecule has 0 saturated heterocycles. The number of rotatable bonds is 3. The highest BCUT2D eigenvalue weighted by molar-refractivity contribution is 8.02. The molecule has 0 aliphatic heterocycles. The van der Waals surface area contributed by atoms with Crippen LogP contribution in [-0.4, -0.2) is 6.26 Å². The maximum Gasteiger partial charge on any atom is 0.00658 e. The Hall–Kier alpha value is -0.430. The third-order valence-electron chi connectivity index (χ3n) is 1.15. The Labute approximate surface area is 74.1 Å². The fourth-order valence-electron chi connectivity index (χ4n) is 0.605. The first kappa shape index (κ1) is 10.6. The Kier molecular flexibility index (Phi) is 6.05. The third kappa shape index (κ3) is 5.99. The smallest absolute Gasteiger partial charge is 0.00658 e. The molecule has 0 aromatic rings. The summed E-state index contributed by atoms with van der Waals surface area (Å²) in [5, 5.41) is 0. The highest BCUT2D eigenvalue weighted by Gasteiger charge is 1.83. The lowest BCUT2D eigenvalue weighted by Crippen LogP contribution is -1.67. The molecule has 0 rings (SSSR count). The lowest BCUT2D eigenvalue weighted by atomic mass is 10.3. The van der Waals surface area contributed by atoms with Crippen molar-refractivity contribution < 1.29 is 0 Å². The molecule has 0 aromatic carbocycles. The summed E-state index contributed by atoms with van der Waals surface area (Å²) in [6.45, 7) is 6.24. The van der Waals surface area contributed by atoms with E-state index in [-0.39, 0.29) is 0 Å². The van der Waals surface area contributed by atoms with Crippen molar-refractivity contribution in [3.63, 3.8) is 0 Å². The van der Waals surface area contributed by atoms with Gasteiger partial charge in [-0.15, -0.1) is 11.8 Å². The van der Waals surface area contributed by atoms with Crippen molar-refractivity contribution in [2.24, 2.45) is 0 Å². The molecule has 0 saturated carbocycles. The molecular formula is C10H16S. The number of thioether (sulfide) groups is 1. The fraction of sp³-hybridized carbons (Fsp3) is 0.400. The van der Waals surface area contributed by atoms with Gasteiger partial charge in [-0.2, -0.15) is 0 Å². The van der Waals surface area contributed by atoms with Crippen LogP contribution in [0.4, 0.5) is 0 Å². The average Bonchev–Trinajstić information content (AvgIpc) is 1.97. The second kappa shape index (κ2) is 6.29. The molecule has 0 spiro atoms. The van der Waals surface area contributed by atoms with Crippen LogP contribution in [0.1, 0.15) is 20.8 Å². The van der Waals surface area contributed by atoms with Crippen molar-refractivity contribution in [1.29, 1.82) is 0 Å². The molecule has 1 heteroatoms. The summed E-state index contributed by atoms with van der Waals surface area (Å²) in [6, 6.07) is 0. The summed E-state index contributed by atoms with van der Waals surface area (Å²) in [4.78, 5) is 1.30. The molecule has 0 aromatic heterocycles. The quantitative estimate of drug-likeness (QED) is 0.578. The Bertz CT molecular complexity index is 181. The zero-order chi connectivity index (χ0) is 8.69. The standard InChI is InChI=1S/C10H16S/c1-5-6-10(11-4)8-7-9(2)3/h5-8H,1-4H3/b6-5-,10-8+. The first-order valence-corrected chi connectivity index (χ1v) is 4.95. The second-order valence-corrected chi connectivity index (χ2v) is 3.40. The molecule has 0 atom stereocenters. The van der Waals surface area contributed by atoms with Gasteiger partial charge in [-0.25, -0.2) is 0 Å². The molecule has 0 unspecified atom stereocenters. The molecule has 0 nitrogen and oxygen atoms in total. The van der Waals surface area contributed by atoms with E-state index in [0.717, 1.165) is 0 Å². The van der Waals surface area contributed by atoms with E-state index in [1.165, 1.54) is 10.5 Å². The molecule has 0 amide bonds. The largest absolute Gasteiger partial charge is 0.130 e. The van der Waals surface area contributed by atoms with E-state index in [1.54, 1.807) is 11.8 Å². The Morgan fingerprint density at radius 2 is 1.82 bits per heavy atom. The minimum atomic E-state index is 1.30. The topological polar surface area (TPSA) is 0 Å². The maximum atomic E-state index is 2.14. The third-order valence-corrected chi connectivity index (χ3v) is 1.89. The summed E-state index contributed by atoms with van der Waals surface area (Å²) in [5.41, 5.74) is 1.33.